The van der Waals surface area contributed by atoms with Crippen molar-refractivity contribution in [1.29, 1.82) is 0 Å². The van der Waals surface area contributed by atoms with Gasteiger partial charge in [0.1, 0.15) is 5.75 Å². The summed E-state index contributed by atoms with van der Waals surface area (Å²) in [5, 5.41) is 4.42. The first kappa shape index (κ1) is 14.4. The van der Waals surface area contributed by atoms with Crippen LogP contribution in [0, 0.1) is 13.8 Å². The van der Waals surface area contributed by atoms with Gasteiger partial charge in [-0.05, 0) is 38.1 Å². The molecule has 0 unspecified atom stereocenters. The molecule has 3 rings (SSSR count). The summed E-state index contributed by atoms with van der Waals surface area (Å²) in [6.45, 7) is 3.76. The van der Waals surface area contributed by atoms with Crippen molar-refractivity contribution in [1.82, 2.24) is 14.6 Å². The Morgan fingerprint density at radius 1 is 1.09 bits per heavy atom. The van der Waals surface area contributed by atoms with E-state index in [1.807, 2.05) is 13.8 Å². The smallest absolute Gasteiger partial charge is 0.406 e. The molecule has 0 aliphatic rings. The predicted molar refractivity (Wildman–Crippen MR) is 74.6 cm³/mol. The minimum Gasteiger partial charge on any atom is -0.406 e. The molecule has 0 aliphatic carbocycles. The average molecular weight is 307 g/mol. The highest BCUT2D eigenvalue weighted by Crippen LogP contribution is 2.27. The number of hydrogen-bond donors (Lipinski definition) is 0. The fraction of sp³-hybridized carbons (Fsp3) is 0.200. The number of benzene rings is 1. The van der Waals surface area contributed by atoms with Crippen LogP contribution in [0.25, 0.3) is 16.9 Å². The first-order chi connectivity index (χ1) is 10.3. The van der Waals surface area contributed by atoms with Crippen LogP contribution in [0.5, 0.6) is 5.75 Å². The van der Waals surface area contributed by atoms with E-state index in [0.29, 0.717) is 16.9 Å². The maximum absolute atomic E-state index is 12.3. The molecule has 0 N–H and O–H groups in total. The van der Waals surface area contributed by atoms with E-state index < -0.39 is 6.36 Å². The zero-order valence-electron chi connectivity index (χ0n) is 11.8. The van der Waals surface area contributed by atoms with Gasteiger partial charge in [-0.2, -0.15) is 5.10 Å². The SMILES string of the molecule is Cc1nc2ccc(-c3cccc(OC(F)(F)F)c3)nn2c1C. The molecule has 1 aromatic carbocycles. The number of alkyl halides is 3. The molecule has 0 fully saturated rings. The third-order valence-electron chi connectivity index (χ3n) is 3.30. The third kappa shape index (κ3) is 2.74. The lowest BCUT2D eigenvalue weighted by atomic mass is 10.1. The molecule has 0 amide bonds. The van der Waals surface area contributed by atoms with Crippen molar-refractivity contribution < 1.29 is 17.9 Å². The highest BCUT2D eigenvalue weighted by atomic mass is 19.4. The third-order valence-corrected chi connectivity index (χ3v) is 3.30. The number of aromatic nitrogens is 3. The summed E-state index contributed by atoms with van der Waals surface area (Å²) in [4.78, 5) is 4.34. The summed E-state index contributed by atoms with van der Waals surface area (Å²) < 4.78 is 42.5. The lowest BCUT2D eigenvalue weighted by Gasteiger charge is -2.10. The Labute approximate surface area is 124 Å². The van der Waals surface area contributed by atoms with Gasteiger partial charge in [-0.15, -0.1) is 13.2 Å². The van der Waals surface area contributed by atoms with Gasteiger partial charge in [0.25, 0.3) is 0 Å². The van der Waals surface area contributed by atoms with Gasteiger partial charge in [0.2, 0.25) is 0 Å². The van der Waals surface area contributed by atoms with Crippen LogP contribution in [0.15, 0.2) is 36.4 Å². The van der Waals surface area contributed by atoms with E-state index in [2.05, 4.69) is 14.8 Å². The van der Waals surface area contributed by atoms with E-state index in [9.17, 15) is 13.2 Å². The molecular formula is C15H12F3N3O. The average Bonchev–Trinajstić information content (AvgIpc) is 2.72. The van der Waals surface area contributed by atoms with Crippen molar-refractivity contribution in [3.63, 3.8) is 0 Å². The Hall–Kier alpha value is -2.57. The molecule has 0 atom stereocenters. The molecule has 0 spiro atoms. The second kappa shape index (κ2) is 5.01. The van der Waals surface area contributed by atoms with E-state index in [0.717, 1.165) is 11.4 Å². The van der Waals surface area contributed by atoms with Crippen LogP contribution in [0.3, 0.4) is 0 Å². The van der Waals surface area contributed by atoms with Crippen LogP contribution < -0.4 is 4.74 Å². The molecule has 4 nitrogen and oxygen atoms in total. The highest BCUT2D eigenvalue weighted by molar-refractivity contribution is 5.62. The topological polar surface area (TPSA) is 39.4 Å². The molecule has 114 valence electrons. The molecular weight excluding hydrogens is 295 g/mol. The molecule has 7 heteroatoms. The first-order valence-electron chi connectivity index (χ1n) is 6.53. The van der Waals surface area contributed by atoms with Crippen LogP contribution in [0.1, 0.15) is 11.4 Å². The van der Waals surface area contributed by atoms with Crippen molar-refractivity contribution >= 4 is 5.65 Å². The Morgan fingerprint density at radius 2 is 1.86 bits per heavy atom. The minimum absolute atomic E-state index is 0.273. The highest BCUT2D eigenvalue weighted by Gasteiger charge is 2.31. The number of hydrogen-bond acceptors (Lipinski definition) is 3. The molecule has 22 heavy (non-hydrogen) atoms. The van der Waals surface area contributed by atoms with Crippen LogP contribution >= 0.6 is 0 Å². The maximum Gasteiger partial charge on any atom is 0.573 e. The van der Waals surface area contributed by atoms with Crippen LogP contribution in [0.2, 0.25) is 0 Å². The number of imidazole rings is 1. The van der Waals surface area contributed by atoms with Crippen molar-refractivity contribution in [3.05, 3.63) is 47.8 Å². The molecule has 0 aliphatic heterocycles. The number of nitrogens with zero attached hydrogens (tertiary/aromatic N) is 3. The summed E-state index contributed by atoms with van der Waals surface area (Å²) in [7, 11) is 0. The molecule has 2 aromatic heterocycles. The zero-order valence-corrected chi connectivity index (χ0v) is 11.8. The quantitative estimate of drug-likeness (QED) is 0.720. The lowest BCUT2D eigenvalue weighted by Crippen LogP contribution is -2.17. The number of aryl methyl sites for hydroxylation is 2. The number of rotatable bonds is 2. The fourth-order valence-corrected chi connectivity index (χ4v) is 2.16. The monoisotopic (exact) mass is 307 g/mol. The van der Waals surface area contributed by atoms with E-state index >= 15 is 0 Å². The Morgan fingerprint density at radius 3 is 2.59 bits per heavy atom. The second-order valence-corrected chi connectivity index (χ2v) is 4.85. The van der Waals surface area contributed by atoms with Gasteiger partial charge < -0.3 is 4.74 Å². The molecule has 0 radical (unpaired) electrons. The largest absolute Gasteiger partial charge is 0.573 e. The van der Waals surface area contributed by atoms with Crippen molar-refractivity contribution in [2.75, 3.05) is 0 Å². The number of halogens is 3. The molecule has 0 saturated carbocycles. The van der Waals surface area contributed by atoms with Gasteiger partial charge in [0, 0.05) is 5.56 Å². The van der Waals surface area contributed by atoms with Crippen LogP contribution in [-0.2, 0) is 0 Å². The van der Waals surface area contributed by atoms with Crippen LogP contribution in [-0.4, -0.2) is 21.0 Å². The molecule has 3 aromatic rings. The Kier molecular flexibility index (Phi) is 3.27. The van der Waals surface area contributed by atoms with Crippen molar-refractivity contribution in [2.45, 2.75) is 20.2 Å². The van der Waals surface area contributed by atoms with E-state index in [1.165, 1.54) is 18.2 Å². The van der Waals surface area contributed by atoms with Crippen molar-refractivity contribution in [3.8, 4) is 17.0 Å². The van der Waals surface area contributed by atoms with Gasteiger partial charge in [0.05, 0.1) is 17.1 Å². The standard InChI is InChI=1S/C15H12F3N3O/c1-9-10(2)21-14(19-9)7-6-13(20-21)11-4-3-5-12(8-11)22-15(16,17)18/h3-8H,1-2H3. The molecule has 0 saturated heterocycles. The fourth-order valence-electron chi connectivity index (χ4n) is 2.16. The summed E-state index contributed by atoms with van der Waals surface area (Å²) in [6, 6.07) is 9.22. The normalized spacial score (nSPS) is 11.9. The maximum atomic E-state index is 12.3. The summed E-state index contributed by atoms with van der Waals surface area (Å²) in [5.41, 5.74) is 3.52. The van der Waals surface area contributed by atoms with Gasteiger partial charge in [0.15, 0.2) is 5.65 Å². The first-order valence-corrected chi connectivity index (χ1v) is 6.53. The van der Waals surface area contributed by atoms with Gasteiger partial charge in [-0.25, -0.2) is 9.50 Å². The Bertz CT molecular complexity index is 840. The van der Waals surface area contributed by atoms with Crippen molar-refractivity contribution in [2.24, 2.45) is 0 Å². The van der Waals surface area contributed by atoms with Gasteiger partial charge >= 0.3 is 6.36 Å². The summed E-state index contributed by atoms with van der Waals surface area (Å²) >= 11 is 0. The minimum atomic E-state index is -4.71. The summed E-state index contributed by atoms with van der Waals surface area (Å²) in [6.07, 6.45) is -4.71. The molecule has 2 heterocycles. The lowest BCUT2D eigenvalue weighted by molar-refractivity contribution is -0.274. The number of fused-ring (bicyclic) bond motifs is 1. The Balaban J connectivity index is 2.03. The van der Waals surface area contributed by atoms with E-state index in [-0.39, 0.29) is 5.75 Å². The van der Waals surface area contributed by atoms with E-state index in [4.69, 9.17) is 0 Å². The number of ether oxygens (including phenoxy) is 1. The van der Waals surface area contributed by atoms with Gasteiger partial charge in [-0.3, -0.25) is 0 Å². The van der Waals surface area contributed by atoms with Gasteiger partial charge in [-0.1, -0.05) is 12.1 Å². The molecule has 0 bridgehead atoms. The van der Waals surface area contributed by atoms with Crippen LogP contribution in [0.4, 0.5) is 13.2 Å². The second-order valence-electron chi connectivity index (χ2n) is 4.85. The van der Waals surface area contributed by atoms with E-state index in [1.54, 1.807) is 22.7 Å². The zero-order chi connectivity index (χ0) is 15.9. The predicted octanol–water partition coefficient (Wildman–Crippen LogP) is 3.91. The summed E-state index contributed by atoms with van der Waals surface area (Å²) in [5.74, 6) is -0.273.